The third kappa shape index (κ3) is 3.20. The van der Waals surface area contributed by atoms with Gasteiger partial charge in [0.2, 0.25) is 0 Å². The molecule has 0 unspecified atom stereocenters. The average molecular weight is 437 g/mol. The van der Waals surface area contributed by atoms with Crippen molar-refractivity contribution in [2.75, 3.05) is 19.5 Å². The van der Waals surface area contributed by atoms with Gasteiger partial charge in [0.1, 0.15) is 4.90 Å². The molecule has 8 nitrogen and oxygen atoms in total. The zero-order chi connectivity index (χ0) is 20.9. The predicted octanol–water partition coefficient (Wildman–Crippen LogP) is 2.92. The lowest BCUT2D eigenvalue weighted by atomic mass is 10.1. The van der Waals surface area contributed by atoms with Gasteiger partial charge in [-0.1, -0.05) is 11.6 Å². The summed E-state index contributed by atoms with van der Waals surface area (Å²) in [5.74, 6) is -0.348. The van der Waals surface area contributed by atoms with Crippen molar-refractivity contribution in [3.05, 3.63) is 46.5 Å². The highest BCUT2D eigenvalue weighted by Gasteiger charge is 2.48. The number of carbonyl (C=O) groups is 2. The molecule has 152 valence electrons. The number of ether oxygens (including phenoxy) is 2. The smallest absolute Gasteiger partial charge is 0.269 e. The fourth-order valence-electron chi connectivity index (χ4n) is 3.20. The van der Waals surface area contributed by atoms with Gasteiger partial charge in [-0.15, -0.1) is 0 Å². The van der Waals surface area contributed by atoms with Crippen LogP contribution in [0.1, 0.15) is 33.6 Å². The molecule has 1 heterocycles. The number of rotatable bonds is 5. The molecule has 4 rings (SSSR count). The van der Waals surface area contributed by atoms with Crippen molar-refractivity contribution in [2.45, 2.75) is 23.8 Å². The fourth-order valence-corrected chi connectivity index (χ4v) is 5.25. The second-order valence-electron chi connectivity index (χ2n) is 6.69. The maximum absolute atomic E-state index is 12.7. The molecular formula is C19H17ClN2O6S. The topological polar surface area (TPSA) is 102 Å². The Bertz CT molecular complexity index is 1140. The van der Waals surface area contributed by atoms with E-state index < -0.39 is 21.8 Å². The highest BCUT2D eigenvalue weighted by Crippen LogP contribution is 2.40. The van der Waals surface area contributed by atoms with Gasteiger partial charge in [-0.3, -0.25) is 9.59 Å². The first-order valence-corrected chi connectivity index (χ1v) is 10.6. The van der Waals surface area contributed by atoms with Crippen LogP contribution in [0.3, 0.4) is 0 Å². The summed E-state index contributed by atoms with van der Waals surface area (Å²) in [6, 6.07) is 6.70. The van der Waals surface area contributed by atoms with Crippen LogP contribution in [0, 0.1) is 0 Å². The second-order valence-corrected chi connectivity index (χ2v) is 8.88. The third-order valence-electron chi connectivity index (χ3n) is 4.81. The molecule has 1 aliphatic carbocycles. The van der Waals surface area contributed by atoms with Crippen molar-refractivity contribution in [3.8, 4) is 11.5 Å². The standard InChI is InChI=1S/C19H17ClN2O6S/c1-27-15-8-13(20)14(9-16(15)28-2)21-18(23)10-3-6-12-17(7-10)29(25,26)22(19(12)24)11-4-5-11/h3,6-9,11H,4-5H2,1-2H3,(H,21,23). The summed E-state index contributed by atoms with van der Waals surface area (Å²) in [6.45, 7) is 0. The van der Waals surface area contributed by atoms with E-state index in [1.807, 2.05) is 0 Å². The van der Waals surface area contributed by atoms with Crippen molar-refractivity contribution in [2.24, 2.45) is 0 Å². The number of sulfonamides is 1. The summed E-state index contributed by atoms with van der Waals surface area (Å²) in [5.41, 5.74) is 0.439. The first kappa shape index (κ1) is 19.5. The summed E-state index contributed by atoms with van der Waals surface area (Å²) in [6.07, 6.45) is 1.31. The van der Waals surface area contributed by atoms with E-state index in [1.54, 1.807) is 0 Å². The van der Waals surface area contributed by atoms with E-state index in [2.05, 4.69) is 5.32 Å². The zero-order valence-electron chi connectivity index (χ0n) is 15.6. The number of nitrogens with one attached hydrogen (secondary N) is 1. The van der Waals surface area contributed by atoms with Crippen LogP contribution in [0.25, 0.3) is 0 Å². The number of methoxy groups -OCH3 is 2. The molecule has 1 N–H and O–H groups in total. The van der Waals surface area contributed by atoms with Crippen LogP contribution < -0.4 is 14.8 Å². The molecule has 2 aromatic carbocycles. The van der Waals surface area contributed by atoms with Gasteiger partial charge >= 0.3 is 0 Å². The molecule has 1 saturated carbocycles. The first-order chi connectivity index (χ1) is 13.8. The maximum Gasteiger partial charge on any atom is 0.269 e. The van der Waals surface area contributed by atoms with Crippen molar-refractivity contribution < 1.29 is 27.5 Å². The molecule has 29 heavy (non-hydrogen) atoms. The number of anilines is 1. The first-order valence-electron chi connectivity index (χ1n) is 8.73. The molecule has 10 heteroatoms. The van der Waals surface area contributed by atoms with Crippen molar-refractivity contribution >= 4 is 39.1 Å². The van der Waals surface area contributed by atoms with E-state index in [-0.39, 0.29) is 32.8 Å². The number of halogens is 1. The van der Waals surface area contributed by atoms with Gasteiger partial charge in [-0.2, -0.15) is 0 Å². The minimum Gasteiger partial charge on any atom is -0.493 e. The van der Waals surface area contributed by atoms with Gasteiger partial charge in [0.25, 0.3) is 21.8 Å². The number of hydrogen-bond acceptors (Lipinski definition) is 6. The number of carbonyl (C=O) groups excluding carboxylic acids is 2. The normalized spacial score (nSPS) is 17.1. The number of fused-ring (bicyclic) bond motifs is 1. The highest BCUT2D eigenvalue weighted by molar-refractivity contribution is 7.90. The van der Waals surface area contributed by atoms with Gasteiger partial charge in [-0.25, -0.2) is 12.7 Å². The van der Waals surface area contributed by atoms with E-state index in [0.29, 0.717) is 24.3 Å². The van der Waals surface area contributed by atoms with Crippen LogP contribution in [0.5, 0.6) is 11.5 Å². The average Bonchev–Trinajstić information content (AvgIpc) is 3.50. The number of nitrogens with zero attached hydrogens (tertiary/aromatic N) is 1. The van der Waals surface area contributed by atoms with Gasteiger partial charge in [0, 0.05) is 23.7 Å². The van der Waals surface area contributed by atoms with Gasteiger partial charge < -0.3 is 14.8 Å². The molecule has 1 aliphatic heterocycles. The highest BCUT2D eigenvalue weighted by atomic mass is 35.5. The van der Waals surface area contributed by atoms with Crippen LogP contribution in [0.15, 0.2) is 35.2 Å². The van der Waals surface area contributed by atoms with Crippen molar-refractivity contribution in [1.29, 1.82) is 0 Å². The van der Waals surface area contributed by atoms with Gasteiger partial charge in [0.15, 0.2) is 11.5 Å². The van der Waals surface area contributed by atoms with Crippen LogP contribution in [-0.4, -0.2) is 44.8 Å². The van der Waals surface area contributed by atoms with E-state index >= 15 is 0 Å². The Balaban J connectivity index is 1.65. The SMILES string of the molecule is COc1cc(Cl)c(NC(=O)c2ccc3c(c2)S(=O)(=O)N(C2CC2)C3=O)cc1OC. The summed E-state index contributed by atoms with van der Waals surface area (Å²) < 4.78 is 36.8. The fraction of sp³-hybridized carbons (Fsp3) is 0.263. The lowest BCUT2D eigenvalue weighted by Crippen LogP contribution is -2.31. The minimum atomic E-state index is -3.95. The lowest BCUT2D eigenvalue weighted by Gasteiger charge is -2.13. The molecule has 2 aromatic rings. The molecular weight excluding hydrogens is 420 g/mol. The number of amides is 2. The van der Waals surface area contributed by atoms with E-state index in [4.69, 9.17) is 21.1 Å². The van der Waals surface area contributed by atoms with Gasteiger partial charge in [0.05, 0.1) is 30.5 Å². The maximum atomic E-state index is 12.7. The van der Waals surface area contributed by atoms with E-state index in [1.165, 1.54) is 44.6 Å². The van der Waals surface area contributed by atoms with E-state index in [0.717, 1.165) is 4.31 Å². The molecule has 0 saturated heterocycles. The molecule has 1 fully saturated rings. The van der Waals surface area contributed by atoms with E-state index in [9.17, 15) is 18.0 Å². The molecule has 0 spiro atoms. The largest absolute Gasteiger partial charge is 0.493 e. The van der Waals surface area contributed by atoms with Crippen LogP contribution in [-0.2, 0) is 10.0 Å². The Morgan fingerprint density at radius 2 is 1.79 bits per heavy atom. The van der Waals surface area contributed by atoms with Crippen LogP contribution in [0.4, 0.5) is 5.69 Å². The van der Waals surface area contributed by atoms with Crippen LogP contribution >= 0.6 is 11.6 Å². The molecule has 0 radical (unpaired) electrons. The Hall–Kier alpha value is -2.78. The second kappa shape index (κ2) is 6.93. The Kier molecular flexibility index (Phi) is 4.66. The van der Waals surface area contributed by atoms with Gasteiger partial charge in [-0.05, 0) is 31.0 Å². The molecule has 0 aromatic heterocycles. The Morgan fingerprint density at radius 1 is 1.14 bits per heavy atom. The molecule has 0 atom stereocenters. The number of benzene rings is 2. The molecule has 0 bridgehead atoms. The Labute approximate surface area is 172 Å². The molecule has 2 aliphatic rings. The summed E-state index contributed by atoms with van der Waals surface area (Å²) >= 11 is 6.19. The monoisotopic (exact) mass is 436 g/mol. The minimum absolute atomic E-state index is 0.0811. The number of hydrogen-bond donors (Lipinski definition) is 1. The third-order valence-corrected chi connectivity index (χ3v) is 7.00. The quantitative estimate of drug-likeness (QED) is 0.773. The summed E-state index contributed by atoms with van der Waals surface area (Å²) in [4.78, 5) is 25.0. The van der Waals surface area contributed by atoms with Crippen molar-refractivity contribution in [3.63, 3.8) is 0 Å². The Morgan fingerprint density at radius 3 is 2.41 bits per heavy atom. The summed E-state index contributed by atoms with van der Waals surface area (Å²) in [7, 11) is -1.04. The zero-order valence-corrected chi connectivity index (χ0v) is 17.1. The lowest BCUT2D eigenvalue weighted by molar-refractivity contribution is 0.0864. The predicted molar refractivity (Wildman–Crippen MR) is 105 cm³/mol. The summed E-state index contributed by atoms with van der Waals surface area (Å²) in [5, 5.41) is 2.85. The van der Waals surface area contributed by atoms with Crippen molar-refractivity contribution in [1.82, 2.24) is 4.31 Å². The molecule has 2 amide bonds. The van der Waals surface area contributed by atoms with Crippen LogP contribution in [0.2, 0.25) is 5.02 Å².